The number of nitrogens with one attached hydrogen (secondary N) is 2. The Morgan fingerprint density at radius 1 is 0.878 bits per heavy atom. The number of rotatable bonds is 5. The number of halogens is 1. The van der Waals surface area contributed by atoms with E-state index in [9.17, 15) is 28.4 Å². The number of urea groups is 2. The van der Waals surface area contributed by atoms with Crippen molar-refractivity contribution in [1.29, 1.82) is 0 Å². The number of benzene rings is 2. The molecule has 2 N–H and O–H groups in total. The number of anilines is 1. The van der Waals surface area contributed by atoms with Crippen molar-refractivity contribution in [2.45, 2.75) is 5.54 Å². The van der Waals surface area contributed by atoms with Crippen LogP contribution in [0.25, 0.3) is 22.7 Å². The third-order valence-corrected chi connectivity index (χ3v) is 6.49. The van der Waals surface area contributed by atoms with Crippen LogP contribution in [-0.4, -0.2) is 57.2 Å². The van der Waals surface area contributed by atoms with E-state index in [1.165, 1.54) is 30.5 Å². The van der Waals surface area contributed by atoms with Crippen LogP contribution in [0.3, 0.4) is 0 Å². The number of oxazole rings is 1. The third kappa shape index (κ3) is 4.05. The molecular formula is C27H17FN6O7. The normalized spacial score (nSPS) is 16.3. The quantitative estimate of drug-likeness (QED) is 0.278. The van der Waals surface area contributed by atoms with Crippen LogP contribution in [0.2, 0.25) is 0 Å². The van der Waals surface area contributed by atoms with Crippen molar-refractivity contribution in [1.82, 2.24) is 25.5 Å². The Bertz CT molecular complexity index is 1720. The summed E-state index contributed by atoms with van der Waals surface area (Å²) in [6, 6.07) is 13.2. The van der Waals surface area contributed by atoms with Gasteiger partial charge in [0.25, 0.3) is 23.3 Å². The van der Waals surface area contributed by atoms with Crippen LogP contribution < -0.4 is 20.3 Å². The van der Waals surface area contributed by atoms with Crippen LogP contribution in [-0.2, 0) is 14.4 Å². The molecule has 0 radical (unpaired) electrons. The Labute approximate surface area is 229 Å². The predicted octanol–water partition coefficient (Wildman–Crippen LogP) is 2.84. The van der Waals surface area contributed by atoms with Gasteiger partial charge in [0.1, 0.15) is 23.5 Å². The van der Waals surface area contributed by atoms with Gasteiger partial charge in [-0.2, -0.15) is 0 Å². The molecule has 0 aliphatic carbocycles. The van der Waals surface area contributed by atoms with E-state index >= 15 is 0 Å². The highest BCUT2D eigenvalue weighted by molar-refractivity contribution is 6.43. The fourth-order valence-corrected chi connectivity index (χ4v) is 4.45. The Balaban J connectivity index is 1.20. The van der Waals surface area contributed by atoms with Gasteiger partial charge in [-0.1, -0.05) is 0 Å². The number of imide groups is 3. The number of pyridine rings is 1. The van der Waals surface area contributed by atoms with E-state index in [0.717, 1.165) is 13.2 Å². The van der Waals surface area contributed by atoms with Gasteiger partial charge in [0.05, 0.1) is 11.9 Å². The second kappa shape index (κ2) is 9.37. The minimum atomic E-state index is -2.64. The van der Waals surface area contributed by atoms with Gasteiger partial charge >= 0.3 is 12.1 Å². The van der Waals surface area contributed by atoms with Crippen molar-refractivity contribution in [2.24, 2.45) is 0 Å². The molecule has 14 heteroatoms. The fourth-order valence-electron chi connectivity index (χ4n) is 4.45. The number of hydrogen-bond acceptors (Lipinski definition) is 9. The molecule has 4 aromatic rings. The number of likely N-dealkylation sites (N-methyl/N-ethyl adjacent to an activating group) is 1. The van der Waals surface area contributed by atoms with Gasteiger partial charge in [0, 0.05) is 24.2 Å². The molecule has 7 amide bonds. The minimum Gasteiger partial charge on any atom is -0.444 e. The van der Waals surface area contributed by atoms with Crippen LogP contribution in [0.5, 0.6) is 11.6 Å². The van der Waals surface area contributed by atoms with Crippen molar-refractivity contribution in [3.8, 4) is 34.3 Å². The lowest BCUT2D eigenvalue weighted by Crippen LogP contribution is -2.74. The van der Waals surface area contributed by atoms with E-state index in [1.54, 1.807) is 36.4 Å². The van der Waals surface area contributed by atoms with Gasteiger partial charge in [0.15, 0.2) is 0 Å². The van der Waals surface area contributed by atoms with Crippen molar-refractivity contribution < 1.29 is 37.5 Å². The summed E-state index contributed by atoms with van der Waals surface area (Å²) in [5, 5.41) is 3.73. The molecule has 2 aliphatic rings. The summed E-state index contributed by atoms with van der Waals surface area (Å²) in [6.07, 6.45) is 2.62. The van der Waals surface area contributed by atoms with E-state index in [1.807, 2.05) is 10.6 Å². The summed E-state index contributed by atoms with van der Waals surface area (Å²) in [4.78, 5) is 72.7. The predicted molar refractivity (Wildman–Crippen MR) is 137 cm³/mol. The second-order valence-electron chi connectivity index (χ2n) is 8.96. The van der Waals surface area contributed by atoms with Crippen molar-refractivity contribution in [2.75, 3.05) is 11.9 Å². The Morgan fingerprint density at radius 3 is 2.17 bits per heavy atom. The molecular weight excluding hydrogens is 539 g/mol. The first-order valence-electron chi connectivity index (χ1n) is 11.9. The molecule has 0 atom stereocenters. The molecule has 0 unspecified atom stereocenters. The molecule has 2 saturated heterocycles. The highest BCUT2D eigenvalue weighted by Gasteiger charge is 2.69. The smallest absolute Gasteiger partial charge is 0.332 e. The number of nitrogens with zero attached hydrogens (tertiary/aromatic N) is 4. The van der Waals surface area contributed by atoms with Crippen LogP contribution in [0, 0.1) is 5.82 Å². The number of aromatic nitrogens is 2. The lowest BCUT2D eigenvalue weighted by atomic mass is 9.93. The Kier molecular flexibility index (Phi) is 5.80. The average molecular weight is 556 g/mol. The Hall–Kier alpha value is -5.92. The van der Waals surface area contributed by atoms with Gasteiger partial charge < -0.3 is 9.15 Å². The lowest BCUT2D eigenvalue weighted by molar-refractivity contribution is -0.145. The number of ether oxygens (including phenoxy) is 1. The van der Waals surface area contributed by atoms with Gasteiger partial charge in [0.2, 0.25) is 11.8 Å². The van der Waals surface area contributed by atoms with Gasteiger partial charge in [-0.25, -0.2) is 23.9 Å². The largest absolute Gasteiger partial charge is 0.444 e. The first-order valence-corrected chi connectivity index (χ1v) is 11.9. The van der Waals surface area contributed by atoms with Gasteiger partial charge in [-0.05, 0) is 54.6 Å². The SMILES string of the molecule is CN1C(=O)N(c2ccc(Oc3ccc(-c4nc(-c5ccc(F)cc5)co4)cc3)nc2)C2(C(=O)NC(=O)NC2=O)C1=O. The highest BCUT2D eigenvalue weighted by Crippen LogP contribution is 2.35. The lowest BCUT2D eigenvalue weighted by Gasteiger charge is -2.34. The second-order valence-corrected chi connectivity index (χ2v) is 8.96. The summed E-state index contributed by atoms with van der Waals surface area (Å²) < 4.78 is 24.5. The maximum atomic E-state index is 13.2. The van der Waals surface area contributed by atoms with E-state index in [-0.39, 0.29) is 17.4 Å². The summed E-state index contributed by atoms with van der Waals surface area (Å²) in [7, 11) is 1.11. The van der Waals surface area contributed by atoms with Crippen molar-refractivity contribution in [3.05, 3.63) is 78.9 Å². The van der Waals surface area contributed by atoms with Crippen molar-refractivity contribution in [3.63, 3.8) is 0 Å². The molecule has 0 saturated carbocycles. The first-order chi connectivity index (χ1) is 19.7. The molecule has 2 aromatic heterocycles. The molecule has 1 spiro atoms. The van der Waals surface area contributed by atoms with Crippen molar-refractivity contribution >= 4 is 35.5 Å². The van der Waals surface area contributed by atoms with E-state index < -0.39 is 35.3 Å². The van der Waals surface area contributed by atoms with Gasteiger partial charge in [-0.3, -0.25) is 34.8 Å². The number of carbonyl (C=O) groups is 5. The topological polar surface area (TPSA) is 164 Å². The minimum absolute atomic E-state index is 0.0594. The molecule has 13 nitrogen and oxygen atoms in total. The van der Waals surface area contributed by atoms with Crippen LogP contribution in [0.15, 0.2) is 77.5 Å². The molecule has 4 heterocycles. The third-order valence-electron chi connectivity index (χ3n) is 6.49. The highest BCUT2D eigenvalue weighted by atomic mass is 19.1. The van der Waals surface area contributed by atoms with Crippen LogP contribution in [0.1, 0.15) is 0 Å². The molecule has 0 bridgehead atoms. The number of carbonyl (C=O) groups excluding carboxylic acids is 5. The summed E-state index contributed by atoms with van der Waals surface area (Å²) in [5.74, 6) is -3.15. The molecule has 41 heavy (non-hydrogen) atoms. The average Bonchev–Trinajstić information content (AvgIpc) is 3.52. The molecule has 2 aromatic carbocycles. The molecule has 204 valence electrons. The van der Waals surface area contributed by atoms with E-state index in [2.05, 4.69) is 9.97 Å². The molecule has 2 fully saturated rings. The zero-order chi connectivity index (χ0) is 28.9. The summed E-state index contributed by atoms with van der Waals surface area (Å²) in [6.45, 7) is 0. The maximum Gasteiger partial charge on any atom is 0.332 e. The fraction of sp³-hybridized carbons (Fsp3) is 0.0741. The molecule has 2 aliphatic heterocycles. The standard InChI is InChI=1S/C27H17FN6O7/c1-33-24(37)27(22(35)31-25(38)32-23(27)36)34(26(33)39)17-8-11-20(29-12-17)41-18-9-4-15(5-10-18)21-30-19(13-40-21)14-2-6-16(28)7-3-14/h2-13H,1H3,(H2,31,32,35,36,38). The monoisotopic (exact) mass is 556 g/mol. The van der Waals surface area contributed by atoms with E-state index in [4.69, 9.17) is 9.15 Å². The maximum absolute atomic E-state index is 13.2. The summed E-state index contributed by atoms with van der Waals surface area (Å²) >= 11 is 0. The zero-order valence-corrected chi connectivity index (χ0v) is 21.0. The first kappa shape index (κ1) is 25.4. The van der Waals surface area contributed by atoms with Crippen LogP contribution >= 0.6 is 0 Å². The van der Waals surface area contributed by atoms with E-state index in [0.29, 0.717) is 38.3 Å². The molecule has 6 rings (SSSR count). The Morgan fingerprint density at radius 2 is 1.54 bits per heavy atom. The zero-order valence-electron chi connectivity index (χ0n) is 21.0. The summed E-state index contributed by atoms with van der Waals surface area (Å²) in [5.41, 5.74) is -0.799. The number of barbiturate groups is 1. The number of amides is 7. The van der Waals surface area contributed by atoms with Gasteiger partial charge in [-0.15, -0.1) is 0 Å². The van der Waals surface area contributed by atoms with Crippen LogP contribution in [0.4, 0.5) is 19.7 Å². The number of hydrogen-bond donors (Lipinski definition) is 2.